The molecular formula is C9H20N2O3S. The second-order valence-corrected chi connectivity index (χ2v) is 6.26. The molecule has 1 heterocycles. The lowest BCUT2D eigenvalue weighted by atomic mass is 10.1. The van der Waals surface area contributed by atoms with Crippen LogP contribution in [0.3, 0.4) is 0 Å². The van der Waals surface area contributed by atoms with E-state index in [2.05, 4.69) is 0 Å². The highest BCUT2D eigenvalue weighted by atomic mass is 32.2. The molecule has 1 rings (SSSR count). The molecule has 6 heteroatoms. The molecule has 1 fully saturated rings. The van der Waals surface area contributed by atoms with Crippen molar-refractivity contribution >= 4 is 10.2 Å². The molecule has 0 aromatic heterocycles. The van der Waals surface area contributed by atoms with Crippen molar-refractivity contribution in [2.24, 2.45) is 0 Å². The van der Waals surface area contributed by atoms with Crippen molar-refractivity contribution in [1.82, 2.24) is 8.61 Å². The van der Waals surface area contributed by atoms with Gasteiger partial charge in [-0.25, -0.2) is 0 Å². The van der Waals surface area contributed by atoms with Gasteiger partial charge in [-0.3, -0.25) is 0 Å². The van der Waals surface area contributed by atoms with E-state index >= 15 is 0 Å². The number of aliphatic hydroxyl groups is 1. The molecule has 0 amide bonds. The molecular weight excluding hydrogens is 216 g/mol. The summed E-state index contributed by atoms with van der Waals surface area (Å²) in [6.45, 7) is 4.39. The third-order valence-corrected chi connectivity index (χ3v) is 4.91. The van der Waals surface area contributed by atoms with Gasteiger partial charge in [0.25, 0.3) is 10.2 Å². The highest BCUT2D eigenvalue weighted by Gasteiger charge is 2.32. The maximum atomic E-state index is 12.0. The van der Waals surface area contributed by atoms with Gasteiger partial charge in [-0.2, -0.15) is 17.0 Å². The number of rotatable bonds is 3. The summed E-state index contributed by atoms with van der Waals surface area (Å²) < 4.78 is 26.7. The molecule has 1 atom stereocenters. The van der Waals surface area contributed by atoms with E-state index in [1.807, 2.05) is 13.8 Å². The van der Waals surface area contributed by atoms with Crippen LogP contribution in [-0.4, -0.2) is 54.4 Å². The predicted molar refractivity (Wildman–Crippen MR) is 58.6 cm³/mol. The number of hydrogen-bond acceptors (Lipinski definition) is 3. The topological polar surface area (TPSA) is 60.9 Å². The minimum atomic E-state index is -3.39. The third kappa shape index (κ3) is 2.90. The average molecular weight is 236 g/mol. The molecule has 0 aliphatic carbocycles. The normalized spacial score (nSPS) is 25.1. The van der Waals surface area contributed by atoms with Crippen LogP contribution in [0.5, 0.6) is 0 Å². The van der Waals surface area contributed by atoms with Crippen LogP contribution in [-0.2, 0) is 10.2 Å². The molecule has 0 radical (unpaired) electrons. The van der Waals surface area contributed by atoms with Crippen LogP contribution in [0.25, 0.3) is 0 Å². The number of nitrogens with zero attached hydrogens (tertiary/aromatic N) is 2. The molecule has 0 unspecified atom stereocenters. The first-order valence-corrected chi connectivity index (χ1v) is 6.66. The van der Waals surface area contributed by atoms with Crippen molar-refractivity contribution < 1.29 is 13.5 Å². The van der Waals surface area contributed by atoms with Gasteiger partial charge in [-0.05, 0) is 26.7 Å². The van der Waals surface area contributed by atoms with Gasteiger partial charge >= 0.3 is 0 Å². The molecule has 1 saturated heterocycles. The Hall–Kier alpha value is -0.170. The van der Waals surface area contributed by atoms with Crippen molar-refractivity contribution in [2.45, 2.75) is 38.8 Å². The summed E-state index contributed by atoms with van der Waals surface area (Å²) in [5.41, 5.74) is 0. The van der Waals surface area contributed by atoms with E-state index < -0.39 is 16.3 Å². The Bertz CT molecular complexity index is 302. The van der Waals surface area contributed by atoms with Gasteiger partial charge in [0.1, 0.15) is 0 Å². The lowest BCUT2D eigenvalue weighted by molar-refractivity contribution is 0.104. The maximum absolute atomic E-state index is 12.0. The van der Waals surface area contributed by atoms with Gasteiger partial charge in [0, 0.05) is 26.2 Å². The average Bonchev–Trinajstić information content (AvgIpc) is 2.16. The lowest BCUT2D eigenvalue weighted by Crippen LogP contribution is -2.49. The minimum Gasteiger partial charge on any atom is -0.392 e. The van der Waals surface area contributed by atoms with Crippen molar-refractivity contribution in [3.8, 4) is 0 Å². The minimum absolute atomic E-state index is 0.0610. The predicted octanol–water partition coefficient (Wildman–Crippen LogP) is 0.0281. The van der Waals surface area contributed by atoms with Crippen LogP contribution >= 0.6 is 0 Å². The van der Waals surface area contributed by atoms with Gasteiger partial charge in [0.05, 0.1) is 6.10 Å². The van der Waals surface area contributed by atoms with Crippen LogP contribution in [0.4, 0.5) is 0 Å². The monoisotopic (exact) mass is 236 g/mol. The van der Waals surface area contributed by atoms with E-state index in [4.69, 9.17) is 0 Å². The van der Waals surface area contributed by atoms with E-state index in [0.717, 1.165) is 6.42 Å². The summed E-state index contributed by atoms with van der Waals surface area (Å²) in [4.78, 5) is 0. The highest BCUT2D eigenvalue weighted by Crippen LogP contribution is 2.17. The highest BCUT2D eigenvalue weighted by molar-refractivity contribution is 7.86. The summed E-state index contributed by atoms with van der Waals surface area (Å²) >= 11 is 0. The first-order valence-electron chi connectivity index (χ1n) is 5.27. The van der Waals surface area contributed by atoms with E-state index in [1.54, 1.807) is 7.05 Å². The molecule has 1 aliphatic heterocycles. The molecule has 0 aromatic carbocycles. The molecule has 15 heavy (non-hydrogen) atoms. The fourth-order valence-corrected chi connectivity index (χ4v) is 3.20. The van der Waals surface area contributed by atoms with Gasteiger partial charge in [0.2, 0.25) is 0 Å². The van der Waals surface area contributed by atoms with Gasteiger partial charge < -0.3 is 5.11 Å². The van der Waals surface area contributed by atoms with E-state index in [9.17, 15) is 13.5 Å². The number of aliphatic hydroxyl groups excluding tert-OH is 1. The number of β-amino-alcohol motifs (C(OH)–C–C–N with tert-alkyl or cyclic N) is 1. The number of hydrogen-bond donors (Lipinski definition) is 1. The first-order chi connectivity index (χ1) is 6.85. The standard InChI is InChI=1S/C9H20N2O3S/c1-8(2)10(3)15(13,14)11-6-4-5-9(12)7-11/h8-9,12H,4-7H2,1-3H3/t9-/m0/s1. The van der Waals surface area contributed by atoms with Crippen molar-refractivity contribution in [3.05, 3.63) is 0 Å². The van der Waals surface area contributed by atoms with Crippen molar-refractivity contribution in [1.29, 1.82) is 0 Å². The van der Waals surface area contributed by atoms with Gasteiger partial charge in [-0.15, -0.1) is 0 Å². The Morgan fingerprint density at radius 2 is 2.07 bits per heavy atom. The van der Waals surface area contributed by atoms with E-state index in [-0.39, 0.29) is 12.6 Å². The third-order valence-electron chi connectivity index (χ3n) is 2.78. The molecule has 0 spiro atoms. The maximum Gasteiger partial charge on any atom is 0.282 e. The summed E-state index contributed by atoms with van der Waals surface area (Å²) in [5.74, 6) is 0. The molecule has 5 nitrogen and oxygen atoms in total. The second-order valence-electron chi connectivity index (χ2n) is 4.27. The van der Waals surface area contributed by atoms with Crippen LogP contribution in [0.15, 0.2) is 0 Å². The van der Waals surface area contributed by atoms with Crippen molar-refractivity contribution in [2.75, 3.05) is 20.1 Å². The summed E-state index contributed by atoms with van der Waals surface area (Å²) in [6, 6.07) is -0.0610. The van der Waals surface area contributed by atoms with E-state index in [0.29, 0.717) is 13.0 Å². The summed E-state index contributed by atoms with van der Waals surface area (Å²) in [5, 5.41) is 9.44. The smallest absolute Gasteiger partial charge is 0.282 e. The fraction of sp³-hybridized carbons (Fsp3) is 1.00. The van der Waals surface area contributed by atoms with Crippen LogP contribution in [0, 0.1) is 0 Å². The lowest BCUT2D eigenvalue weighted by Gasteiger charge is -2.33. The summed E-state index contributed by atoms with van der Waals surface area (Å²) in [7, 11) is -1.82. The van der Waals surface area contributed by atoms with Gasteiger partial charge in [0.15, 0.2) is 0 Å². The zero-order valence-corrected chi connectivity index (χ0v) is 10.4. The Balaban J connectivity index is 2.77. The molecule has 0 saturated carbocycles. The Morgan fingerprint density at radius 3 is 2.53 bits per heavy atom. The molecule has 1 aliphatic rings. The quantitative estimate of drug-likeness (QED) is 0.752. The molecule has 0 aromatic rings. The van der Waals surface area contributed by atoms with E-state index in [1.165, 1.54) is 8.61 Å². The molecule has 0 bridgehead atoms. The zero-order chi connectivity index (χ0) is 11.6. The SMILES string of the molecule is CC(C)N(C)S(=O)(=O)N1CCC[C@H](O)C1. The van der Waals surface area contributed by atoms with Crippen LogP contribution < -0.4 is 0 Å². The fourth-order valence-electron chi connectivity index (χ4n) is 1.58. The Morgan fingerprint density at radius 1 is 1.47 bits per heavy atom. The van der Waals surface area contributed by atoms with Crippen molar-refractivity contribution in [3.63, 3.8) is 0 Å². The van der Waals surface area contributed by atoms with Crippen LogP contribution in [0.2, 0.25) is 0 Å². The first kappa shape index (κ1) is 12.9. The zero-order valence-electron chi connectivity index (χ0n) is 9.55. The second kappa shape index (κ2) is 4.78. The largest absolute Gasteiger partial charge is 0.392 e. The summed E-state index contributed by atoms with van der Waals surface area (Å²) in [6.07, 6.45) is 0.901. The Kier molecular flexibility index (Phi) is 4.11. The van der Waals surface area contributed by atoms with Crippen LogP contribution in [0.1, 0.15) is 26.7 Å². The number of piperidine rings is 1. The van der Waals surface area contributed by atoms with Gasteiger partial charge in [-0.1, -0.05) is 0 Å². The molecule has 90 valence electrons. The molecule has 1 N–H and O–H groups in total. The Labute approximate surface area is 91.9 Å².